The van der Waals surface area contributed by atoms with Crippen LogP contribution in [0.2, 0.25) is 0 Å². The summed E-state index contributed by atoms with van der Waals surface area (Å²) in [5.74, 6) is -1.13. The molecular weight excluding hydrogens is 546 g/mol. The molecule has 1 saturated heterocycles. The van der Waals surface area contributed by atoms with E-state index in [4.69, 9.17) is 14.2 Å². The van der Waals surface area contributed by atoms with Gasteiger partial charge in [0.25, 0.3) is 11.1 Å². The second-order valence-electron chi connectivity index (χ2n) is 9.89. The lowest BCUT2D eigenvalue weighted by Gasteiger charge is -2.19. The lowest BCUT2D eigenvalue weighted by Crippen LogP contribution is -2.32. The van der Waals surface area contributed by atoms with Crippen molar-refractivity contribution in [2.24, 2.45) is 7.05 Å². The van der Waals surface area contributed by atoms with E-state index >= 15 is 0 Å². The van der Waals surface area contributed by atoms with Crippen LogP contribution in [0.1, 0.15) is 44.5 Å². The van der Waals surface area contributed by atoms with E-state index in [1.54, 1.807) is 61.6 Å². The highest BCUT2D eigenvalue weighted by molar-refractivity contribution is 7.98. The first-order chi connectivity index (χ1) is 19.7. The Labute approximate surface area is 239 Å². The van der Waals surface area contributed by atoms with E-state index in [0.29, 0.717) is 21.7 Å². The van der Waals surface area contributed by atoms with Crippen LogP contribution in [-0.4, -0.2) is 51.1 Å². The molecule has 41 heavy (non-hydrogen) atoms. The van der Waals surface area contributed by atoms with Crippen molar-refractivity contribution in [1.29, 1.82) is 0 Å². The Balaban J connectivity index is 1.46. The van der Waals surface area contributed by atoms with Crippen molar-refractivity contribution in [3.8, 4) is 0 Å². The van der Waals surface area contributed by atoms with Gasteiger partial charge in [-0.2, -0.15) is 0 Å². The number of thioether (sulfide) groups is 1. The fourth-order valence-electron chi connectivity index (χ4n) is 4.71. The molecule has 5 rings (SSSR count). The van der Waals surface area contributed by atoms with Gasteiger partial charge < -0.3 is 18.8 Å². The van der Waals surface area contributed by atoms with E-state index in [1.807, 2.05) is 20.1 Å². The second kappa shape index (κ2) is 11.7. The number of hydrogen-bond donors (Lipinski definition) is 0. The fraction of sp³-hybridized carbons (Fsp3) is 0.300. The van der Waals surface area contributed by atoms with E-state index in [-0.39, 0.29) is 24.1 Å². The zero-order valence-electron chi connectivity index (χ0n) is 23.0. The molecule has 11 heteroatoms. The SMILES string of the molecule is CSc1cc2c(ncc(=O)n2[C@H]2C[C@@H](OC(=O)c3ccc(C)cc3)[C@@H](COC(=O)c3ccc(C)cc3)O2)c(=O)n1C. The van der Waals surface area contributed by atoms with E-state index in [2.05, 4.69) is 4.98 Å². The number of esters is 2. The standard InChI is InChI=1S/C30H29N3O7S/c1-17-5-9-19(10-6-17)29(36)38-16-23-22(40-30(37)20-11-7-18(2)8-12-20)14-25(39-23)33-21-13-26(41-4)32(3)28(35)27(21)31-15-24(33)34/h5-13,15,22-23,25H,14,16H2,1-4H3/t22-,23-,25-/m1/s1. The number of hydrogen-bond acceptors (Lipinski definition) is 9. The molecule has 0 radical (unpaired) electrons. The Morgan fingerprint density at radius 2 is 1.61 bits per heavy atom. The third-order valence-electron chi connectivity index (χ3n) is 7.03. The third kappa shape index (κ3) is 5.82. The maximum atomic E-state index is 13.1. The highest BCUT2D eigenvalue weighted by Gasteiger charge is 2.41. The number of aromatic nitrogens is 3. The van der Waals surface area contributed by atoms with Crippen LogP contribution < -0.4 is 11.1 Å². The van der Waals surface area contributed by atoms with Crippen molar-refractivity contribution in [1.82, 2.24) is 14.1 Å². The summed E-state index contributed by atoms with van der Waals surface area (Å²) in [7, 11) is 1.63. The largest absolute Gasteiger partial charge is 0.459 e. The smallest absolute Gasteiger partial charge is 0.338 e. The first-order valence-electron chi connectivity index (χ1n) is 13.0. The summed E-state index contributed by atoms with van der Waals surface area (Å²) in [6, 6.07) is 15.6. The van der Waals surface area contributed by atoms with Crippen LogP contribution in [0.25, 0.3) is 11.0 Å². The van der Waals surface area contributed by atoms with E-state index in [1.165, 1.54) is 20.9 Å². The summed E-state index contributed by atoms with van der Waals surface area (Å²) < 4.78 is 20.4. The Hall–Kier alpha value is -4.22. The maximum Gasteiger partial charge on any atom is 0.338 e. The van der Waals surface area contributed by atoms with Gasteiger partial charge >= 0.3 is 11.9 Å². The summed E-state index contributed by atoms with van der Waals surface area (Å²) in [5.41, 5.74) is 2.29. The van der Waals surface area contributed by atoms with Gasteiger partial charge in [-0.05, 0) is 50.4 Å². The number of rotatable bonds is 7. The predicted octanol–water partition coefficient (Wildman–Crippen LogP) is 3.80. The summed E-state index contributed by atoms with van der Waals surface area (Å²) in [6.45, 7) is 3.61. The Bertz CT molecular complexity index is 1730. The molecule has 3 atom stereocenters. The Kier molecular flexibility index (Phi) is 8.09. The number of fused-ring (bicyclic) bond motifs is 1. The highest BCUT2D eigenvalue weighted by atomic mass is 32.2. The van der Waals surface area contributed by atoms with Crippen LogP contribution in [0.3, 0.4) is 0 Å². The first kappa shape index (κ1) is 28.3. The van der Waals surface area contributed by atoms with E-state index < -0.39 is 35.9 Å². The highest BCUT2D eigenvalue weighted by Crippen LogP contribution is 2.33. The number of carbonyl (C=O) groups is 2. The number of ether oxygens (including phenoxy) is 3. The van der Waals surface area contributed by atoms with Crippen LogP contribution in [-0.2, 0) is 21.3 Å². The summed E-state index contributed by atoms with van der Waals surface area (Å²) in [6.07, 6.45) is 0.363. The zero-order chi connectivity index (χ0) is 29.3. The van der Waals surface area contributed by atoms with Gasteiger partial charge in [0.2, 0.25) is 0 Å². The van der Waals surface area contributed by atoms with Crippen LogP contribution in [0, 0.1) is 13.8 Å². The van der Waals surface area contributed by atoms with Gasteiger partial charge in [0.1, 0.15) is 25.0 Å². The van der Waals surface area contributed by atoms with Crippen LogP contribution in [0.5, 0.6) is 0 Å². The molecule has 0 unspecified atom stereocenters. The molecule has 0 aliphatic carbocycles. The lowest BCUT2D eigenvalue weighted by molar-refractivity contribution is -0.0569. The summed E-state index contributed by atoms with van der Waals surface area (Å²) in [4.78, 5) is 55.9. The van der Waals surface area contributed by atoms with Crippen molar-refractivity contribution >= 4 is 34.7 Å². The van der Waals surface area contributed by atoms with Crippen molar-refractivity contribution in [2.75, 3.05) is 12.9 Å². The van der Waals surface area contributed by atoms with Crippen LogP contribution in [0.4, 0.5) is 0 Å². The van der Waals surface area contributed by atoms with Crippen molar-refractivity contribution in [2.45, 2.75) is 43.7 Å². The minimum Gasteiger partial charge on any atom is -0.459 e. The average molecular weight is 576 g/mol. The normalized spacial score (nSPS) is 18.4. The number of nitrogens with zero attached hydrogens (tertiary/aromatic N) is 3. The molecule has 10 nitrogen and oxygen atoms in total. The van der Waals surface area contributed by atoms with Crippen LogP contribution in [0.15, 0.2) is 75.4 Å². The number of benzene rings is 2. The topological polar surface area (TPSA) is 119 Å². The predicted molar refractivity (Wildman–Crippen MR) is 153 cm³/mol. The zero-order valence-corrected chi connectivity index (χ0v) is 23.8. The monoisotopic (exact) mass is 575 g/mol. The van der Waals surface area contributed by atoms with Gasteiger partial charge in [-0.3, -0.25) is 14.2 Å². The molecule has 0 bridgehead atoms. The van der Waals surface area contributed by atoms with Gasteiger partial charge in [0, 0.05) is 13.5 Å². The Morgan fingerprint density at radius 1 is 1.00 bits per heavy atom. The molecule has 4 aromatic rings. The van der Waals surface area contributed by atoms with Gasteiger partial charge in [0.05, 0.1) is 27.9 Å². The summed E-state index contributed by atoms with van der Waals surface area (Å²) in [5, 5.41) is 0.632. The Morgan fingerprint density at radius 3 is 2.22 bits per heavy atom. The van der Waals surface area contributed by atoms with E-state index in [0.717, 1.165) is 17.3 Å². The van der Waals surface area contributed by atoms with Crippen LogP contribution >= 0.6 is 11.8 Å². The number of pyridine rings is 1. The average Bonchev–Trinajstić information content (AvgIpc) is 3.35. The second-order valence-corrected chi connectivity index (χ2v) is 10.7. The molecule has 1 aliphatic rings. The van der Waals surface area contributed by atoms with Crippen molar-refractivity contribution < 1.29 is 23.8 Å². The molecule has 212 valence electrons. The molecule has 1 aliphatic heterocycles. The number of carbonyl (C=O) groups excluding carboxylic acids is 2. The molecule has 1 fully saturated rings. The molecule has 3 heterocycles. The van der Waals surface area contributed by atoms with Gasteiger partial charge in [-0.15, -0.1) is 11.8 Å². The van der Waals surface area contributed by atoms with Gasteiger partial charge in [-0.1, -0.05) is 35.4 Å². The minimum atomic E-state index is -0.909. The van der Waals surface area contributed by atoms with Gasteiger partial charge in [0.15, 0.2) is 5.52 Å². The molecule has 0 saturated carbocycles. The number of aryl methyl sites for hydroxylation is 2. The van der Waals surface area contributed by atoms with Crippen molar-refractivity contribution in [3.05, 3.63) is 104 Å². The molecule has 0 N–H and O–H groups in total. The van der Waals surface area contributed by atoms with Crippen molar-refractivity contribution in [3.63, 3.8) is 0 Å². The third-order valence-corrected chi connectivity index (χ3v) is 7.84. The quantitative estimate of drug-likeness (QED) is 0.239. The molecular formula is C30H29N3O7S. The lowest BCUT2D eigenvalue weighted by atomic mass is 10.1. The summed E-state index contributed by atoms with van der Waals surface area (Å²) >= 11 is 1.35. The first-order valence-corrected chi connectivity index (χ1v) is 14.2. The maximum absolute atomic E-state index is 13.1. The minimum absolute atomic E-state index is 0.0905. The molecule has 2 aromatic carbocycles. The molecule has 0 spiro atoms. The molecule has 2 aromatic heterocycles. The fourth-order valence-corrected chi connectivity index (χ4v) is 5.29. The molecule has 0 amide bonds. The van der Waals surface area contributed by atoms with E-state index in [9.17, 15) is 19.2 Å². The van der Waals surface area contributed by atoms with Gasteiger partial charge in [-0.25, -0.2) is 14.6 Å².